The molecule has 1 spiro atoms. The Bertz CT molecular complexity index is 1390. The zero-order valence-electron chi connectivity index (χ0n) is 25.2. The van der Waals surface area contributed by atoms with Crippen LogP contribution in [-0.4, -0.2) is 69.1 Å². The second kappa shape index (κ2) is 9.81. The van der Waals surface area contributed by atoms with E-state index < -0.39 is 16.7 Å². The molecule has 9 nitrogen and oxygen atoms in total. The quantitative estimate of drug-likeness (QED) is 0.442. The van der Waals surface area contributed by atoms with Crippen molar-refractivity contribution in [3.8, 4) is 11.4 Å². The number of aromatic nitrogens is 2. The molecule has 9 heteroatoms. The van der Waals surface area contributed by atoms with Crippen LogP contribution in [0.2, 0.25) is 0 Å². The molecule has 220 valence electrons. The van der Waals surface area contributed by atoms with Gasteiger partial charge in [-0.2, -0.15) is 5.10 Å². The summed E-state index contributed by atoms with van der Waals surface area (Å²) in [5.41, 5.74) is 3.41. The molecule has 2 fully saturated rings. The summed E-state index contributed by atoms with van der Waals surface area (Å²) in [7, 11) is 0. The lowest BCUT2D eigenvalue weighted by molar-refractivity contribution is -0.0149. The minimum absolute atomic E-state index is 0.224. The molecule has 0 unspecified atom stereocenters. The van der Waals surface area contributed by atoms with Crippen LogP contribution in [0, 0.1) is 12.8 Å². The summed E-state index contributed by atoms with van der Waals surface area (Å²) in [5, 5.41) is 5.20. The van der Waals surface area contributed by atoms with Gasteiger partial charge in [-0.3, -0.25) is 4.90 Å². The van der Waals surface area contributed by atoms with E-state index in [1.807, 2.05) is 63.8 Å². The lowest BCUT2D eigenvalue weighted by Crippen LogP contribution is -2.51. The van der Waals surface area contributed by atoms with Crippen LogP contribution in [0.25, 0.3) is 11.3 Å². The van der Waals surface area contributed by atoms with Crippen LogP contribution in [0.4, 0.5) is 9.59 Å². The topological polar surface area (TPSA) is 86.1 Å². The van der Waals surface area contributed by atoms with Crippen LogP contribution in [0.3, 0.4) is 0 Å². The number of nitrogens with zero attached hydrogens (tertiary/aromatic N) is 4. The van der Waals surface area contributed by atoms with Crippen molar-refractivity contribution in [1.29, 1.82) is 0 Å². The Balaban J connectivity index is 1.31. The fourth-order valence-corrected chi connectivity index (χ4v) is 6.37. The Morgan fingerprint density at radius 2 is 1.78 bits per heavy atom. The highest BCUT2D eigenvalue weighted by molar-refractivity contribution is 5.75. The smallest absolute Gasteiger partial charge is 0.410 e. The van der Waals surface area contributed by atoms with Crippen molar-refractivity contribution in [3.63, 3.8) is 0 Å². The van der Waals surface area contributed by atoms with E-state index in [-0.39, 0.29) is 12.2 Å². The molecule has 41 heavy (non-hydrogen) atoms. The average Bonchev–Trinajstić information content (AvgIpc) is 3.66. The number of amides is 2. The van der Waals surface area contributed by atoms with Crippen molar-refractivity contribution >= 4 is 17.8 Å². The number of fused-ring (bicyclic) bond motifs is 4. The Kier molecular flexibility index (Phi) is 6.62. The molecule has 1 aromatic carbocycles. The summed E-state index contributed by atoms with van der Waals surface area (Å²) in [4.78, 5) is 29.3. The predicted octanol–water partition coefficient (Wildman–Crippen LogP) is 6.21. The van der Waals surface area contributed by atoms with E-state index >= 15 is 0 Å². The number of piperidine rings is 1. The minimum Gasteiger partial charge on any atom is -0.479 e. The number of hydrogen-bond donors (Lipinski definition) is 0. The first-order valence-electron chi connectivity index (χ1n) is 14.9. The maximum absolute atomic E-state index is 13.0. The average molecular weight is 563 g/mol. The number of carbonyl (C=O) groups excluding carboxylic acids is 2. The molecule has 0 N–H and O–H groups in total. The molecular weight excluding hydrogens is 520 g/mol. The summed E-state index contributed by atoms with van der Waals surface area (Å²) < 4.78 is 20.1. The van der Waals surface area contributed by atoms with Crippen LogP contribution in [0.1, 0.15) is 83.7 Å². The van der Waals surface area contributed by atoms with Crippen molar-refractivity contribution in [2.24, 2.45) is 5.92 Å². The van der Waals surface area contributed by atoms with Gasteiger partial charge in [0, 0.05) is 38.0 Å². The molecule has 0 radical (unpaired) electrons. The summed E-state index contributed by atoms with van der Waals surface area (Å²) in [6.07, 6.45) is 5.92. The van der Waals surface area contributed by atoms with Crippen LogP contribution in [0.15, 0.2) is 30.3 Å². The molecule has 6 rings (SSSR count). The van der Waals surface area contributed by atoms with Gasteiger partial charge in [0.2, 0.25) is 0 Å². The monoisotopic (exact) mass is 562 g/mol. The van der Waals surface area contributed by atoms with Crippen LogP contribution in [0.5, 0.6) is 5.75 Å². The summed E-state index contributed by atoms with van der Waals surface area (Å²) >= 11 is 0. The van der Waals surface area contributed by atoms with Crippen LogP contribution < -0.4 is 4.74 Å². The van der Waals surface area contributed by atoms with Gasteiger partial charge in [0.15, 0.2) is 5.60 Å². The Morgan fingerprint density at radius 1 is 1.07 bits per heavy atom. The zero-order chi connectivity index (χ0) is 29.2. The standard InChI is InChI=1S/C32H42N4O5/c1-21-26(23-13-16-35(31(5,6)19-23)29(38)41-30(2,3)4)33-36-24-9-7-8-10-25(24)40-32(27(21)36)14-17-34(18-15-32)28(37)39-20-22-11-12-22/h7-10,19,22H,11-18,20H2,1-6H3. The molecule has 2 aromatic rings. The maximum atomic E-state index is 13.0. The molecule has 1 saturated carbocycles. The molecule has 1 saturated heterocycles. The second-order valence-electron chi connectivity index (χ2n) is 13.5. The molecule has 3 aliphatic heterocycles. The predicted molar refractivity (Wildman–Crippen MR) is 155 cm³/mol. The molecule has 0 bridgehead atoms. The fraction of sp³-hybridized carbons (Fsp3) is 0.594. The molecule has 4 heterocycles. The normalized spacial score (nSPS) is 21.0. The molecule has 4 aliphatic rings. The van der Waals surface area contributed by atoms with Crippen LogP contribution in [-0.2, 0) is 15.1 Å². The second-order valence-corrected chi connectivity index (χ2v) is 13.5. The van der Waals surface area contributed by atoms with Crippen LogP contribution >= 0.6 is 0 Å². The number of benzene rings is 1. The highest BCUT2D eigenvalue weighted by atomic mass is 16.6. The third-order valence-corrected chi connectivity index (χ3v) is 8.67. The lowest BCUT2D eigenvalue weighted by atomic mass is 9.83. The first kappa shape index (κ1) is 27.7. The van der Waals surface area contributed by atoms with Gasteiger partial charge >= 0.3 is 12.2 Å². The van der Waals surface area contributed by atoms with Gasteiger partial charge in [-0.1, -0.05) is 18.2 Å². The number of ether oxygens (including phenoxy) is 3. The van der Waals surface area contributed by atoms with E-state index in [0.29, 0.717) is 51.4 Å². The van der Waals surface area contributed by atoms with Gasteiger partial charge in [-0.05, 0) is 84.4 Å². The number of carbonyl (C=O) groups is 2. The summed E-state index contributed by atoms with van der Waals surface area (Å²) in [6.45, 7) is 14.1. The van der Waals surface area contributed by atoms with Gasteiger partial charge in [0.05, 0.1) is 23.5 Å². The van der Waals surface area contributed by atoms with E-state index in [4.69, 9.17) is 19.3 Å². The SMILES string of the molecule is Cc1c(C2=CC(C)(C)N(C(=O)OC(C)(C)C)CC2)nn2c1C1(CCN(C(=O)OCC3CC3)CC1)Oc1ccccc1-2. The first-order valence-corrected chi connectivity index (χ1v) is 14.9. The molecule has 1 aromatic heterocycles. The highest BCUT2D eigenvalue weighted by Crippen LogP contribution is 2.48. The first-order chi connectivity index (χ1) is 19.4. The van der Waals surface area contributed by atoms with Gasteiger partial charge in [0.25, 0.3) is 0 Å². The lowest BCUT2D eigenvalue weighted by Gasteiger charge is -2.44. The largest absolute Gasteiger partial charge is 0.479 e. The summed E-state index contributed by atoms with van der Waals surface area (Å²) in [6, 6.07) is 8.02. The van der Waals surface area contributed by atoms with E-state index in [0.717, 1.165) is 46.8 Å². The third kappa shape index (κ3) is 5.19. The van der Waals surface area contributed by atoms with Crippen molar-refractivity contribution in [1.82, 2.24) is 19.6 Å². The van der Waals surface area contributed by atoms with E-state index in [2.05, 4.69) is 17.7 Å². The van der Waals surface area contributed by atoms with Crippen molar-refractivity contribution in [2.75, 3.05) is 26.2 Å². The van der Waals surface area contributed by atoms with Gasteiger partial charge < -0.3 is 19.1 Å². The summed E-state index contributed by atoms with van der Waals surface area (Å²) in [5.74, 6) is 1.34. The fourth-order valence-electron chi connectivity index (χ4n) is 6.37. The Labute approximate surface area is 242 Å². The van der Waals surface area contributed by atoms with Crippen molar-refractivity contribution in [3.05, 3.63) is 47.3 Å². The third-order valence-electron chi connectivity index (χ3n) is 8.67. The van der Waals surface area contributed by atoms with Crippen molar-refractivity contribution in [2.45, 2.75) is 90.4 Å². The number of rotatable bonds is 3. The van der Waals surface area contributed by atoms with Gasteiger partial charge in [-0.25, -0.2) is 14.3 Å². The highest BCUT2D eigenvalue weighted by Gasteiger charge is 2.48. The Hall–Kier alpha value is -3.49. The number of hydrogen-bond acceptors (Lipinski definition) is 6. The molecule has 0 atom stereocenters. The number of para-hydroxylation sites is 2. The number of likely N-dealkylation sites (tertiary alicyclic amines) is 1. The van der Waals surface area contributed by atoms with E-state index in [1.54, 1.807) is 4.90 Å². The maximum Gasteiger partial charge on any atom is 0.410 e. The van der Waals surface area contributed by atoms with E-state index in [1.165, 1.54) is 0 Å². The molecular formula is C32H42N4O5. The Morgan fingerprint density at radius 3 is 2.44 bits per heavy atom. The van der Waals surface area contributed by atoms with E-state index in [9.17, 15) is 9.59 Å². The van der Waals surface area contributed by atoms with Gasteiger partial charge in [-0.15, -0.1) is 0 Å². The molecule has 1 aliphatic carbocycles. The van der Waals surface area contributed by atoms with Gasteiger partial charge in [0.1, 0.15) is 17.0 Å². The molecule has 2 amide bonds. The van der Waals surface area contributed by atoms with Crippen molar-refractivity contribution < 1.29 is 23.8 Å². The minimum atomic E-state index is -0.593. The zero-order valence-corrected chi connectivity index (χ0v) is 25.2.